The Morgan fingerprint density at radius 3 is 2.61 bits per heavy atom. The predicted octanol–water partition coefficient (Wildman–Crippen LogP) is 3.45. The third-order valence-corrected chi connectivity index (χ3v) is 4.39. The average Bonchev–Trinajstić information content (AvgIpc) is 3.16. The van der Waals surface area contributed by atoms with Gasteiger partial charge in [0, 0.05) is 36.0 Å². The fourth-order valence-corrected chi connectivity index (χ4v) is 2.85. The predicted molar refractivity (Wildman–Crippen MR) is 107 cm³/mol. The highest BCUT2D eigenvalue weighted by molar-refractivity contribution is 5.95. The molecule has 1 N–H and O–H groups in total. The first-order valence-electron chi connectivity index (χ1n) is 9.05. The SMILES string of the molecule is COc1nccnc1-c1cccc(C(=O)N(C)Cc2cc(C(C)(C)C)n[nH]2)c1. The summed E-state index contributed by atoms with van der Waals surface area (Å²) in [7, 11) is 3.32. The van der Waals surface area contributed by atoms with Crippen molar-refractivity contribution in [2.75, 3.05) is 14.2 Å². The van der Waals surface area contributed by atoms with Crippen LogP contribution in [-0.4, -0.2) is 45.1 Å². The van der Waals surface area contributed by atoms with Gasteiger partial charge in [0.2, 0.25) is 5.88 Å². The average molecular weight is 379 g/mol. The van der Waals surface area contributed by atoms with Crippen LogP contribution >= 0.6 is 0 Å². The van der Waals surface area contributed by atoms with Gasteiger partial charge in [0.15, 0.2) is 0 Å². The van der Waals surface area contributed by atoms with Crippen molar-refractivity contribution in [3.8, 4) is 17.1 Å². The molecule has 0 unspecified atom stereocenters. The summed E-state index contributed by atoms with van der Waals surface area (Å²) in [6.07, 6.45) is 3.17. The number of rotatable bonds is 5. The van der Waals surface area contributed by atoms with E-state index in [1.54, 1.807) is 43.6 Å². The van der Waals surface area contributed by atoms with Gasteiger partial charge in [-0.1, -0.05) is 32.9 Å². The van der Waals surface area contributed by atoms with E-state index in [2.05, 4.69) is 40.9 Å². The van der Waals surface area contributed by atoms with Gasteiger partial charge < -0.3 is 9.64 Å². The van der Waals surface area contributed by atoms with Gasteiger partial charge in [-0.25, -0.2) is 9.97 Å². The summed E-state index contributed by atoms with van der Waals surface area (Å²) in [4.78, 5) is 23.1. The van der Waals surface area contributed by atoms with Crippen LogP contribution < -0.4 is 4.74 Å². The molecule has 0 aliphatic rings. The van der Waals surface area contributed by atoms with E-state index in [1.165, 1.54) is 0 Å². The van der Waals surface area contributed by atoms with Gasteiger partial charge in [-0.15, -0.1) is 0 Å². The minimum absolute atomic E-state index is 0.0402. The molecule has 0 spiro atoms. The molecule has 1 aromatic carbocycles. The van der Waals surface area contributed by atoms with E-state index in [1.807, 2.05) is 18.2 Å². The molecule has 3 rings (SSSR count). The summed E-state index contributed by atoms with van der Waals surface area (Å²) in [5, 5.41) is 7.38. The Kier molecular flexibility index (Phi) is 5.44. The number of aromatic nitrogens is 4. The molecule has 2 heterocycles. The first-order valence-corrected chi connectivity index (χ1v) is 9.05. The number of H-pyrrole nitrogens is 1. The van der Waals surface area contributed by atoms with Crippen LogP contribution in [0, 0.1) is 0 Å². The topological polar surface area (TPSA) is 84.0 Å². The van der Waals surface area contributed by atoms with Gasteiger partial charge >= 0.3 is 0 Å². The second kappa shape index (κ2) is 7.80. The van der Waals surface area contributed by atoms with E-state index >= 15 is 0 Å². The molecule has 7 nitrogen and oxygen atoms in total. The summed E-state index contributed by atoms with van der Waals surface area (Å²) in [5.74, 6) is 0.337. The minimum Gasteiger partial charge on any atom is -0.479 e. The molecule has 146 valence electrons. The number of hydrogen-bond acceptors (Lipinski definition) is 5. The van der Waals surface area contributed by atoms with Crippen molar-refractivity contribution >= 4 is 5.91 Å². The van der Waals surface area contributed by atoms with Crippen molar-refractivity contribution in [1.29, 1.82) is 0 Å². The Morgan fingerprint density at radius 1 is 1.18 bits per heavy atom. The maximum absolute atomic E-state index is 12.9. The maximum atomic E-state index is 12.9. The largest absolute Gasteiger partial charge is 0.479 e. The Balaban J connectivity index is 1.80. The highest BCUT2D eigenvalue weighted by atomic mass is 16.5. The van der Waals surface area contributed by atoms with Crippen molar-refractivity contribution in [2.45, 2.75) is 32.7 Å². The minimum atomic E-state index is -0.0865. The van der Waals surface area contributed by atoms with E-state index in [-0.39, 0.29) is 11.3 Å². The molecule has 28 heavy (non-hydrogen) atoms. The quantitative estimate of drug-likeness (QED) is 0.734. The molecular formula is C21H25N5O2. The number of nitrogens with zero attached hydrogens (tertiary/aromatic N) is 4. The maximum Gasteiger partial charge on any atom is 0.253 e. The highest BCUT2D eigenvalue weighted by Crippen LogP contribution is 2.26. The monoisotopic (exact) mass is 379 g/mol. The number of hydrogen-bond donors (Lipinski definition) is 1. The first-order chi connectivity index (χ1) is 13.3. The zero-order valence-corrected chi connectivity index (χ0v) is 16.9. The molecule has 0 aliphatic heterocycles. The normalized spacial score (nSPS) is 11.3. The van der Waals surface area contributed by atoms with Crippen LogP contribution in [0.15, 0.2) is 42.7 Å². The molecule has 0 saturated heterocycles. The summed E-state index contributed by atoms with van der Waals surface area (Å²) in [5.41, 5.74) is 3.78. The van der Waals surface area contributed by atoms with Crippen molar-refractivity contribution < 1.29 is 9.53 Å². The Bertz CT molecular complexity index is 975. The standard InChI is InChI=1S/C21H25N5O2/c1-21(2,3)17-12-16(24-25-17)13-26(4)20(27)15-8-6-7-14(11-15)18-19(28-5)23-10-9-22-18/h6-12H,13H2,1-5H3,(H,24,25). The Labute approximate surface area is 164 Å². The highest BCUT2D eigenvalue weighted by Gasteiger charge is 2.19. The van der Waals surface area contributed by atoms with E-state index in [9.17, 15) is 4.79 Å². The summed E-state index contributed by atoms with van der Waals surface area (Å²) in [6.45, 7) is 6.76. The number of methoxy groups -OCH3 is 1. The van der Waals surface area contributed by atoms with Crippen molar-refractivity contribution in [3.63, 3.8) is 0 Å². The lowest BCUT2D eigenvalue weighted by Crippen LogP contribution is -2.26. The zero-order valence-electron chi connectivity index (χ0n) is 16.9. The summed E-state index contributed by atoms with van der Waals surface area (Å²) in [6, 6.07) is 9.31. The van der Waals surface area contributed by atoms with Gasteiger partial charge in [-0.2, -0.15) is 5.10 Å². The molecule has 0 fully saturated rings. The fraction of sp³-hybridized carbons (Fsp3) is 0.333. The number of benzene rings is 1. The molecule has 0 radical (unpaired) electrons. The molecule has 1 amide bonds. The van der Waals surface area contributed by atoms with Gasteiger partial charge in [0.25, 0.3) is 5.91 Å². The smallest absolute Gasteiger partial charge is 0.253 e. The lowest BCUT2D eigenvalue weighted by Gasteiger charge is -2.17. The van der Waals surface area contributed by atoms with E-state index in [0.717, 1.165) is 17.0 Å². The third kappa shape index (κ3) is 4.19. The molecular weight excluding hydrogens is 354 g/mol. The van der Waals surface area contributed by atoms with Gasteiger partial charge in [-0.3, -0.25) is 9.89 Å². The lowest BCUT2D eigenvalue weighted by molar-refractivity contribution is 0.0783. The Morgan fingerprint density at radius 2 is 1.93 bits per heavy atom. The van der Waals surface area contributed by atoms with Crippen LogP contribution in [0.2, 0.25) is 0 Å². The van der Waals surface area contributed by atoms with Gasteiger partial charge in [0.1, 0.15) is 5.69 Å². The van der Waals surface area contributed by atoms with Gasteiger partial charge in [-0.05, 0) is 18.2 Å². The van der Waals surface area contributed by atoms with E-state index in [0.29, 0.717) is 23.7 Å². The number of carbonyl (C=O) groups excluding carboxylic acids is 1. The van der Waals surface area contributed by atoms with Crippen LogP contribution in [0.25, 0.3) is 11.3 Å². The van der Waals surface area contributed by atoms with Crippen molar-refractivity contribution in [3.05, 3.63) is 59.7 Å². The number of ether oxygens (including phenoxy) is 1. The second-order valence-electron chi connectivity index (χ2n) is 7.68. The van der Waals surface area contributed by atoms with Crippen molar-refractivity contribution in [2.24, 2.45) is 0 Å². The summed E-state index contributed by atoms with van der Waals surface area (Å²) >= 11 is 0. The summed E-state index contributed by atoms with van der Waals surface area (Å²) < 4.78 is 5.28. The molecule has 7 heteroatoms. The fourth-order valence-electron chi connectivity index (χ4n) is 2.85. The zero-order chi connectivity index (χ0) is 20.3. The lowest BCUT2D eigenvalue weighted by atomic mass is 9.92. The second-order valence-corrected chi connectivity index (χ2v) is 7.68. The number of nitrogens with one attached hydrogen (secondary N) is 1. The Hall–Kier alpha value is -3.22. The van der Waals surface area contributed by atoms with Crippen LogP contribution in [-0.2, 0) is 12.0 Å². The van der Waals surface area contributed by atoms with Crippen LogP contribution in [0.1, 0.15) is 42.5 Å². The molecule has 0 saturated carbocycles. The molecule has 0 aliphatic carbocycles. The van der Waals surface area contributed by atoms with Gasteiger partial charge in [0.05, 0.1) is 25.0 Å². The third-order valence-electron chi connectivity index (χ3n) is 4.39. The number of amides is 1. The van der Waals surface area contributed by atoms with E-state index < -0.39 is 0 Å². The number of aromatic amines is 1. The van der Waals surface area contributed by atoms with Crippen LogP contribution in [0.3, 0.4) is 0 Å². The number of carbonyl (C=O) groups is 1. The van der Waals surface area contributed by atoms with Crippen molar-refractivity contribution in [1.82, 2.24) is 25.1 Å². The molecule has 0 atom stereocenters. The van der Waals surface area contributed by atoms with Crippen LogP contribution in [0.5, 0.6) is 5.88 Å². The van der Waals surface area contributed by atoms with E-state index in [4.69, 9.17) is 4.74 Å². The molecule has 0 bridgehead atoms. The molecule has 3 aromatic rings. The van der Waals surface area contributed by atoms with Crippen LogP contribution in [0.4, 0.5) is 0 Å². The first kappa shape index (κ1) is 19.5. The molecule has 2 aromatic heterocycles.